The molecule has 0 aromatic rings. The molecule has 5 nitrogen and oxygen atoms in total. The average Bonchev–Trinajstić information content (AvgIpc) is 1.31. The zero-order chi connectivity index (χ0) is 6.08. The van der Waals surface area contributed by atoms with Crippen LogP contribution in [0.4, 0.5) is 0 Å². The fraction of sp³-hybridized carbons (Fsp3) is 0. The van der Waals surface area contributed by atoms with Gasteiger partial charge >= 0.3 is 15.0 Å². The first-order valence-electron chi connectivity index (χ1n) is 1.17. The molecule has 7 heteroatoms. The Kier molecular flexibility index (Phi) is 2.05. The van der Waals surface area contributed by atoms with Crippen molar-refractivity contribution in [3.05, 3.63) is 0 Å². The molecule has 0 aliphatic heterocycles. The van der Waals surface area contributed by atoms with Crippen molar-refractivity contribution >= 4 is 15.0 Å². The molecule has 0 aliphatic carbocycles. The Morgan fingerprint density at radius 3 is 1.57 bits per heavy atom. The van der Waals surface area contributed by atoms with Crippen LogP contribution in [0.1, 0.15) is 0 Å². The van der Waals surface area contributed by atoms with Crippen LogP contribution in [-0.2, 0) is 9.13 Å². The second kappa shape index (κ2) is 1.99. The molecule has 1 atom stereocenters. The minimum Gasteiger partial charge on any atom is -0.315 e. The van der Waals surface area contributed by atoms with Crippen LogP contribution in [-0.4, -0.2) is 14.7 Å². The van der Waals surface area contributed by atoms with Crippen LogP contribution in [0.5, 0.6) is 0 Å². The van der Waals surface area contributed by atoms with Gasteiger partial charge in [-0.2, -0.15) is 0 Å². The molecule has 0 heterocycles. The lowest BCUT2D eigenvalue weighted by molar-refractivity contribution is 0.382. The van der Waals surface area contributed by atoms with E-state index in [1.54, 1.807) is 0 Å². The summed E-state index contributed by atoms with van der Waals surface area (Å²) in [5.74, 6) is 0. The molecule has 7 heavy (non-hydrogen) atoms. The Morgan fingerprint density at radius 2 is 1.57 bits per heavy atom. The summed E-state index contributed by atoms with van der Waals surface area (Å²) in [6.45, 7) is 0. The molecule has 0 bridgehead atoms. The van der Waals surface area contributed by atoms with Crippen molar-refractivity contribution in [2.45, 2.75) is 0 Å². The van der Waals surface area contributed by atoms with Crippen molar-refractivity contribution in [2.24, 2.45) is 0 Å². The van der Waals surface area contributed by atoms with Gasteiger partial charge in [-0.3, -0.25) is 0 Å². The van der Waals surface area contributed by atoms with E-state index in [1.807, 2.05) is 0 Å². The van der Waals surface area contributed by atoms with Crippen LogP contribution in [0.2, 0.25) is 0 Å². The maximum Gasteiger partial charge on any atom is 0.430 e. The van der Waals surface area contributed by atoms with Crippen molar-refractivity contribution in [1.82, 2.24) is 0 Å². The summed E-state index contributed by atoms with van der Waals surface area (Å²) in [5.41, 5.74) is 0. The SMILES string of the molecule is O=[P](O)P(=O)(O)O. The number of hydrogen-bond donors (Lipinski definition) is 3. The van der Waals surface area contributed by atoms with E-state index < -0.39 is 15.0 Å². The normalized spacial score (nSPS) is 13.9. The van der Waals surface area contributed by atoms with Gasteiger partial charge < -0.3 is 14.7 Å². The van der Waals surface area contributed by atoms with Crippen molar-refractivity contribution < 1.29 is 23.8 Å². The molecule has 0 rings (SSSR count). The van der Waals surface area contributed by atoms with Gasteiger partial charge in [-0.05, 0) is 0 Å². The molecular weight excluding hydrogens is 142 g/mol. The molecule has 0 spiro atoms. The lowest BCUT2D eigenvalue weighted by Gasteiger charge is -1.90. The fourth-order valence-electron chi connectivity index (χ4n) is 0. The highest BCUT2D eigenvalue weighted by atomic mass is 32.1. The van der Waals surface area contributed by atoms with E-state index in [0.717, 1.165) is 0 Å². The van der Waals surface area contributed by atoms with Gasteiger partial charge in [0.15, 0.2) is 0 Å². The summed E-state index contributed by atoms with van der Waals surface area (Å²) in [7, 11) is -8.00. The fourth-order valence-corrected chi connectivity index (χ4v) is 0. The number of rotatable bonds is 1. The molecule has 0 amide bonds. The Hall–Kier alpha value is 0.210. The summed E-state index contributed by atoms with van der Waals surface area (Å²) in [4.78, 5) is 23.0. The van der Waals surface area contributed by atoms with E-state index in [1.165, 1.54) is 0 Å². The van der Waals surface area contributed by atoms with Crippen LogP contribution in [0.3, 0.4) is 0 Å². The summed E-state index contributed by atoms with van der Waals surface area (Å²) in [6.07, 6.45) is 0. The Morgan fingerprint density at radius 1 is 1.43 bits per heavy atom. The first-order valence-corrected chi connectivity index (χ1v) is 4.70. The van der Waals surface area contributed by atoms with Gasteiger partial charge in [-0.25, -0.2) is 9.13 Å². The van der Waals surface area contributed by atoms with Crippen LogP contribution in [0.25, 0.3) is 0 Å². The van der Waals surface area contributed by atoms with Gasteiger partial charge in [-0.1, -0.05) is 0 Å². The van der Waals surface area contributed by atoms with Gasteiger partial charge in [0.1, 0.15) is 0 Å². The van der Waals surface area contributed by atoms with E-state index in [4.69, 9.17) is 14.7 Å². The molecule has 1 radical (unpaired) electrons. The predicted octanol–water partition coefficient (Wildman–Crippen LogP) is -0.186. The molecule has 43 valence electrons. The monoisotopic (exact) mass is 145 g/mol. The third-order valence-corrected chi connectivity index (χ3v) is 2.01. The third-order valence-electron chi connectivity index (χ3n) is 0.223. The maximum absolute atomic E-state index is 9.49. The zero-order valence-corrected chi connectivity index (χ0v) is 4.84. The minimum atomic E-state index is -4.67. The Labute approximate surface area is 39.9 Å². The van der Waals surface area contributed by atoms with Crippen LogP contribution in [0, 0.1) is 0 Å². The van der Waals surface area contributed by atoms with E-state index >= 15 is 0 Å². The molecular formula is H3O5P2. The molecule has 3 N–H and O–H groups in total. The molecule has 1 unspecified atom stereocenters. The number of hydrogen-bond acceptors (Lipinski definition) is 2. The highest BCUT2D eigenvalue weighted by molar-refractivity contribution is 8.19. The lowest BCUT2D eigenvalue weighted by atomic mass is 15.8. The predicted molar refractivity (Wildman–Crippen MR) is 21.9 cm³/mol. The first kappa shape index (κ1) is 7.21. The molecule has 0 aromatic heterocycles. The van der Waals surface area contributed by atoms with Gasteiger partial charge in [0, 0.05) is 0 Å². The quantitative estimate of drug-likeness (QED) is 0.444. The summed E-state index contributed by atoms with van der Waals surface area (Å²) >= 11 is 0. The lowest BCUT2D eigenvalue weighted by Crippen LogP contribution is -1.64. The molecule has 0 fully saturated rings. The summed E-state index contributed by atoms with van der Waals surface area (Å²) < 4.78 is 18.9. The molecule has 0 saturated carbocycles. The Bertz CT molecular complexity index is 118. The standard InChI is InChI=1S/H3O5P2/c1-6(2)7(3,4)5/h(H,1,2)(H2,3,4,5). The first-order chi connectivity index (χ1) is 2.94. The maximum atomic E-state index is 9.49. The average molecular weight is 145 g/mol. The third kappa shape index (κ3) is 2.85. The Balaban J connectivity index is 4.09. The molecule has 0 aliphatic rings. The van der Waals surface area contributed by atoms with Crippen molar-refractivity contribution in [3.8, 4) is 0 Å². The van der Waals surface area contributed by atoms with E-state index in [0.29, 0.717) is 0 Å². The molecule has 0 aromatic carbocycles. The van der Waals surface area contributed by atoms with Crippen molar-refractivity contribution in [3.63, 3.8) is 0 Å². The van der Waals surface area contributed by atoms with E-state index in [-0.39, 0.29) is 0 Å². The van der Waals surface area contributed by atoms with Crippen molar-refractivity contribution in [2.75, 3.05) is 0 Å². The smallest absolute Gasteiger partial charge is 0.315 e. The summed E-state index contributed by atoms with van der Waals surface area (Å²) in [5, 5.41) is 0. The van der Waals surface area contributed by atoms with Gasteiger partial charge in [-0.15, -0.1) is 0 Å². The second-order valence-corrected chi connectivity index (χ2v) is 4.89. The largest absolute Gasteiger partial charge is 0.430 e. The van der Waals surface area contributed by atoms with Gasteiger partial charge in [0.25, 0.3) is 0 Å². The van der Waals surface area contributed by atoms with Crippen LogP contribution < -0.4 is 0 Å². The molecule has 0 saturated heterocycles. The van der Waals surface area contributed by atoms with Crippen molar-refractivity contribution in [1.29, 1.82) is 0 Å². The van der Waals surface area contributed by atoms with E-state index in [2.05, 4.69) is 0 Å². The van der Waals surface area contributed by atoms with Gasteiger partial charge in [0.2, 0.25) is 0 Å². The minimum absolute atomic E-state index is 3.32. The zero-order valence-electron chi connectivity index (χ0n) is 3.05. The highest BCUT2D eigenvalue weighted by Crippen LogP contribution is 2.59. The summed E-state index contributed by atoms with van der Waals surface area (Å²) in [6, 6.07) is 0. The van der Waals surface area contributed by atoms with Gasteiger partial charge in [0.05, 0.1) is 0 Å². The topological polar surface area (TPSA) is 94.8 Å². The van der Waals surface area contributed by atoms with Crippen LogP contribution >= 0.6 is 15.0 Å². The van der Waals surface area contributed by atoms with Crippen LogP contribution in [0.15, 0.2) is 0 Å². The second-order valence-electron chi connectivity index (χ2n) is 0.766. The highest BCUT2D eigenvalue weighted by Gasteiger charge is 2.21. The van der Waals surface area contributed by atoms with E-state index in [9.17, 15) is 9.13 Å².